The smallest absolute Gasteiger partial charge is 0.258 e. The molecule has 0 bridgehead atoms. The van der Waals surface area contributed by atoms with Crippen molar-refractivity contribution >= 4 is 17.5 Å². The number of hydrogen-bond donors (Lipinski definition) is 1. The number of aromatic nitrogens is 2. The first-order valence-corrected chi connectivity index (χ1v) is 8.57. The van der Waals surface area contributed by atoms with Crippen molar-refractivity contribution in [3.05, 3.63) is 36.2 Å². The number of benzene rings is 1. The van der Waals surface area contributed by atoms with Crippen LogP contribution in [0.4, 0.5) is 11.6 Å². The summed E-state index contributed by atoms with van der Waals surface area (Å²) in [5, 5.41) is 2.83. The van der Waals surface area contributed by atoms with Crippen molar-refractivity contribution in [1.29, 1.82) is 0 Å². The van der Waals surface area contributed by atoms with Crippen LogP contribution in [0.3, 0.4) is 0 Å². The van der Waals surface area contributed by atoms with Gasteiger partial charge in [0, 0.05) is 37.2 Å². The molecule has 0 spiro atoms. The molecule has 2 aliphatic heterocycles. The number of anilines is 2. The zero-order valence-corrected chi connectivity index (χ0v) is 13.9. The lowest BCUT2D eigenvalue weighted by molar-refractivity contribution is 0.102. The molecule has 0 aliphatic carbocycles. The molecule has 2 aromatic rings. The summed E-state index contributed by atoms with van der Waals surface area (Å²) in [6.07, 6.45) is 8.00. The largest absolute Gasteiger partial charge is 0.454 e. The van der Waals surface area contributed by atoms with E-state index < -0.39 is 0 Å². The van der Waals surface area contributed by atoms with E-state index in [0.29, 0.717) is 28.7 Å². The van der Waals surface area contributed by atoms with E-state index in [0.717, 1.165) is 25.9 Å². The summed E-state index contributed by atoms with van der Waals surface area (Å²) in [7, 11) is 0. The predicted molar refractivity (Wildman–Crippen MR) is 93.2 cm³/mol. The van der Waals surface area contributed by atoms with Gasteiger partial charge in [-0.1, -0.05) is 12.8 Å². The second kappa shape index (κ2) is 6.96. The van der Waals surface area contributed by atoms with Gasteiger partial charge < -0.3 is 19.7 Å². The summed E-state index contributed by atoms with van der Waals surface area (Å²) in [5.74, 6) is 1.76. The van der Waals surface area contributed by atoms with Crippen molar-refractivity contribution in [1.82, 2.24) is 9.97 Å². The van der Waals surface area contributed by atoms with Crippen LogP contribution >= 0.6 is 0 Å². The lowest BCUT2D eigenvalue weighted by atomic mass is 10.2. The first-order valence-electron chi connectivity index (χ1n) is 8.57. The average molecular weight is 340 g/mol. The Morgan fingerprint density at radius 3 is 2.48 bits per heavy atom. The SMILES string of the molecule is O=C(Nc1ccc2c(c1)OCO2)c1cnc(N2CCCCCC2)nc1. The maximum absolute atomic E-state index is 12.4. The summed E-state index contributed by atoms with van der Waals surface area (Å²) in [4.78, 5) is 23.3. The van der Waals surface area contributed by atoms with Crippen LogP contribution in [-0.4, -0.2) is 35.8 Å². The topological polar surface area (TPSA) is 76.6 Å². The van der Waals surface area contributed by atoms with E-state index >= 15 is 0 Å². The molecule has 1 aromatic carbocycles. The van der Waals surface area contributed by atoms with Gasteiger partial charge in [-0.2, -0.15) is 0 Å². The van der Waals surface area contributed by atoms with Crippen LogP contribution in [0.2, 0.25) is 0 Å². The lowest BCUT2D eigenvalue weighted by Gasteiger charge is -2.19. The van der Waals surface area contributed by atoms with Gasteiger partial charge in [0.05, 0.1) is 5.56 Å². The maximum Gasteiger partial charge on any atom is 0.258 e. The Morgan fingerprint density at radius 1 is 1.00 bits per heavy atom. The Labute approximate surface area is 146 Å². The minimum absolute atomic E-state index is 0.207. The number of carbonyl (C=O) groups is 1. The molecule has 1 fully saturated rings. The second-order valence-corrected chi connectivity index (χ2v) is 6.20. The Kier molecular flexibility index (Phi) is 4.37. The van der Waals surface area contributed by atoms with Crippen molar-refractivity contribution in [2.75, 3.05) is 30.1 Å². The number of nitrogens with one attached hydrogen (secondary N) is 1. The first-order chi connectivity index (χ1) is 12.3. The Balaban J connectivity index is 1.43. The van der Waals surface area contributed by atoms with Gasteiger partial charge in [0.2, 0.25) is 12.7 Å². The molecule has 7 heteroatoms. The molecule has 1 amide bonds. The monoisotopic (exact) mass is 340 g/mol. The van der Waals surface area contributed by atoms with Crippen LogP contribution in [0.5, 0.6) is 11.5 Å². The van der Waals surface area contributed by atoms with E-state index in [2.05, 4.69) is 20.2 Å². The third-order valence-corrected chi connectivity index (χ3v) is 4.42. The van der Waals surface area contributed by atoms with E-state index in [9.17, 15) is 4.79 Å². The van der Waals surface area contributed by atoms with Gasteiger partial charge in [-0.25, -0.2) is 9.97 Å². The van der Waals surface area contributed by atoms with E-state index in [-0.39, 0.29) is 12.7 Å². The molecule has 3 heterocycles. The van der Waals surface area contributed by atoms with E-state index in [1.807, 2.05) is 0 Å². The fourth-order valence-corrected chi connectivity index (χ4v) is 3.05. The zero-order chi connectivity index (χ0) is 17.1. The molecule has 130 valence electrons. The lowest BCUT2D eigenvalue weighted by Crippen LogP contribution is -2.26. The summed E-state index contributed by atoms with van der Waals surface area (Å²) in [6.45, 7) is 2.16. The van der Waals surface area contributed by atoms with E-state index in [1.165, 1.54) is 12.8 Å². The summed E-state index contributed by atoms with van der Waals surface area (Å²) >= 11 is 0. The first kappa shape index (κ1) is 15.7. The zero-order valence-electron chi connectivity index (χ0n) is 13.9. The molecule has 7 nitrogen and oxygen atoms in total. The third-order valence-electron chi connectivity index (χ3n) is 4.42. The van der Waals surface area contributed by atoms with Crippen LogP contribution in [0, 0.1) is 0 Å². The van der Waals surface area contributed by atoms with Gasteiger partial charge in [0.25, 0.3) is 5.91 Å². The Morgan fingerprint density at radius 2 is 1.72 bits per heavy atom. The molecule has 1 saturated heterocycles. The van der Waals surface area contributed by atoms with Gasteiger partial charge in [-0.05, 0) is 25.0 Å². The van der Waals surface area contributed by atoms with Crippen molar-refractivity contribution in [2.24, 2.45) is 0 Å². The molecular weight excluding hydrogens is 320 g/mol. The highest BCUT2D eigenvalue weighted by molar-refractivity contribution is 6.04. The highest BCUT2D eigenvalue weighted by atomic mass is 16.7. The number of amides is 1. The minimum atomic E-state index is -0.249. The van der Waals surface area contributed by atoms with Crippen LogP contribution < -0.4 is 19.7 Å². The fourth-order valence-electron chi connectivity index (χ4n) is 3.05. The van der Waals surface area contributed by atoms with Crippen molar-refractivity contribution < 1.29 is 14.3 Å². The molecule has 0 radical (unpaired) electrons. The molecule has 0 unspecified atom stereocenters. The van der Waals surface area contributed by atoms with Gasteiger partial charge >= 0.3 is 0 Å². The number of nitrogens with zero attached hydrogens (tertiary/aromatic N) is 3. The molecule has 2 aliphatic rings. The van der Waals surface area contributed by atoms with Crippen molar-refractivity contribution in [3.8, 4) is 11.5 Å². The second-order valence-electron chi connectivity index (χ2n) is 6.20. The quantitative estimate of drug-likeness (QED) is 0.926. The highest BCUT2D eigenvalue weighted by Gasteiger charge is 2.16. The fraction of sp³-hybridized carbons (Fsp3) is 0.389. The summed E-state index contributed by atoms with van der Waals surface area (Å²) < 4.78 is 10.6. The van der Waals surface area contributed by atoms with Crippen molar-refractivity contribution in [2.45, 2.75) is 25.7 Å². The van der Waals surface area contributed by atoms with E-state index in [4.69, 9.17) is 9.47 Å². The number of ether oxygens (including phenoxy) is 2. The summed E-state index contributed by atoms with van der Waals surface area (Å²) in [6, 6.07) is 5.29. The Bertz CT molecular complexity index is 755. The van der Waals surface area contributed by atoms with E-state index in [1.54, 1.807) is 30.6 Å². The average Bonchev–Trinajstić information content (AvgIpc) is 2.94. The van der Waals surface area contributed by atoms with Crippen LogP contribution in [0.25, 0.3) is 0 Å². The number of hydrogen-bond acceptors (Lipinski definition) is 6. The van der Waals surface area contributed by atoms with Gasteiger partial charge in [-0.3, -0.25) is 4.79 Å². The summed E-state index contributed by atoms with van der Waals surface area (Å²) in [5.41, 5.74) is 1.07. The van der Waals surface area contributed by atoms with Gasteiger partial charge in [-0.15, -0.1) is 0 Å². The number of rotatable bonds is 3. The highest BCUT2D eigenvalue weighted by Crippen LogP contribution is 2.34. The van der Waals surface area contributed by atoms with Gasteiger partial charge in [0.1, 0.15) is 0 Å². The predicted octanol–water partition coefficient (Wildman–Crippen LogP) is 2.84. The number of fused-ring (bicyclic) bond motifs is 1. The van der Waals surface area contributed by atoms with Crippen LogP contribution in [0.15, 0.2) is 30.6 Å². The Hall–Kier alpha value is -2.83. The number of carbonyl (C=O) groups excluding carboxylic acids is 1. The normalized spacial score (nSPS) is 16.4. The molecule has 1 N–H and O–H groups in total. The molecule has 4 rings (SSSR count). The van der Waals surface area contributed by atoms with Crippen molar-refractivity contribution in [3.63, 3.8) is 0 Å². The molecule has 25 heavy (non-hydrogen) atoms. The van der Waals surface area contributed by atoms with Crippen LogP contribution in [0.1, 0.15) is 36.0 Å². The molecule has 0 saturated carbocycles. The standard InChI is InChI=1S/C18H20N4O3/c23-17(21-14-5-6-15-16(9-14)25-12-24-15)13-10-19-18(20-11-13)22-7-3-1-2-4-8-22/h5-6,9-11H,1-4,7-8,12H2,(H,21,23). The minimum Gasteiger partial charge on any atom is -0.454 e. The van der Waals surface area contributed by atoms with Gasteiger partial charge in [0.15, 0.2) is 11.5 Å². The molecular formula is C18H20N4O3. The molecule has 0 atom stereocenters. The third kappa shape index (κ3) is 3.50. The maximum atomic E-state index is 12.4. The molecule has 1 aromatic heterocycles. The van der Waals surface area contributed by atoms with Crippen LogP contribution in [-0.2, 0) is 0 Å².